The largest absolute Gasteiger partial charge is 0.356 e. The first-order valence-corrected chi connectivity index (χ1v) is 7.95. The van der Waals surface area contributed by atoms with E-state index in [9.17, 15) is 4.79 Å². The van der Waals surface area contributed by atoms with E-state index in [-0.39, 0.29) is 5.91 Å². The third kappa shape index (κ3) is 7.70. The van der Waals surface area contributed by atoms with Crippen molar-refractivity contribution in [2.45, 2.75) is 26.2 Å². The molecule has 0 bridgehead atoms. The van der Waals surface area contributed by atoms with Crippen LogP contribution in [-0.2, 0) is 4.79 Å². The Morgan fingerprint density at radius 1 is 1.19 bits per heavy atom. The van der Waals surface area contributed by atoms with Crippen molar-refractivity contribution in [1.82, 2.24) is 10.6 Å². The number of hydrogen-bond donors (Lipinski definition) is 3. The van der Waals surface area contributed by atoms with E-state index in [1.807, 2.05) is 24.3 Å². The molecule has 0 aliphatic carbocycles. The van der Waals surface area contributed by atoms with Gasteiger partial charge >= 0.3 is 0 Å². The Labute approximate surface area is 134 Å². The third-order valence-corrected chi connectivity index (χ3v) is 3.35. The molecule has 0 atom stereocenters. The summed E-state index contributed by atoms with van der Waals surface area (Å²) in [6, 6.07) is 7.52. The molecule has 0 saturated carbocycles. The molecule has 116 valence electrons. The second-order valence-corrected chi connectivity index (χ2v) is 5.50. The number of aliphatic imine (C=N–C) groups is 1. The first-order chi connectivity index (χ1) is 10.2. The van der Waals surface area contributed by atoms with Crippen LogP contribution in [0.2, 0.25) is 0 Å². The molecule has 0 fully saturated rings. The summed E-state index contributed by atoms with van der Waals surface area (Å²) < 4.78 is 0.990. The van der Waals surface area contributed by atoms with E-state index >= 15 is 0 Å². The summed E-state index contributed by atoms with van der Waals surface area (Å²) in [4.78, 5) is 15.9. The van der Waals surface area contributed by atoms with Gasteiger partial charge in [-0.05, 0) is 30.7 Å². The molecular formula is C15H23BrN4O. The highest BCUT2D eigenvalue weighted by molar-refractivity contribution is 9.10. The van der Waals surface area contributed by atoms with E-state index in [1.165, 1.54) is 0 Å². The highest BCUT2D eigenvalue weighted by Gasteiger charge is 2.03. The zero-order chi connectivity index (χ0) is 15.5. The Hall–Kier alpha value is -1.56. The van der Waals surface area contributed by atoms with E-state index in [2.05, 4.69) is 43.8 Å². The van der Waals surface area contributed by atoms with Crippen LogP contribution in [-0.4, -0.2) is 32.0 Å². The van der Waals surface area contributed by atoms with Gasteiger partial charge in [0.25, 0.3) is 0 Å². The van der Waals surface area contributed by atoms with Crippen LogP contribution < -0.4 is 16.0 Å². The van der Waals surface area contributed by atoms with Crippen LogP contribution in [0.5, 0.6) is 0 Å². The number of carbonyl (C=O) groups is 1. The Morgan fingerprint density at radius 3 is 2.48 bits per heavy atom. The normalized spacial score (nSPS) is 11.1. The summed E-state index contributed by atoms with van der Waals surface area (Å²) >= 11 is 3.36. The molecule has 0 unspecified atom stereocenters. The fraction of sp³-hybridized carbons (Fsp3) is 0.467. The Bertz CT molecular complexity index is 459. The molecule has 0 aliphatic rings. The summed E-state index contributed by atoms with van der Waals surface area (Å²) in [5.41, 5.74) is 0.800. The van der Waals surface area contributed by atoms with Crippen LogP contribution in [0.4, 0.5) is 5.69 Å². The smallest absolute Gasteiger partial charge is 0.226 e. The minimum atomic E-state index is -0.0196. The molecule has 0 aliphatic heterocycles. The number of rotatable bonds is 7. The minimum absolute atomic E-state index is 0.0196. The monoisotopic (exact) mass is 354 g/mol. The standard InChI is InChI=1S/C15H23BrN4O/c1-3-4-10-18-15(17-2)19-11-9-14(21)20-13-7-5-12(16)6-8-13/h5-8H,3-4,9-11H2,1-2H3,(H,20,21)(H2,17,18,19). The van der Waals surface area contributed by atoms with Gasteiger partial charge in [0.2, 0.25) is 5.91 Å². The number of carbonyl (C=O) groups excluding carboxylic acids is 1. The van der Waals surface area contributed by atoms with E-state index < -0.39 is 0 Å². The highest BCUT2D eigenvalue weighted by atomic mass is 79.9. The number of benzene rings is 1. The summed E-state index contributed by atoms with van der Waals surface area (Å²) in [6.07, 6.45) is 2.63. The summed E-state index contributed by atoms with van der Waals surface area (Å²) in [7, 11) is 1.73. The average Bonchev–Trinajstić information content (AvgIpc) is 2.48. The number of unbranched alkanes of at least 4 members (excludes halogenated alkanes) is 1. The van der Waals surface area contributed by atoms with Crippen LogP contribution in [0.25, 0.3) is 0 Å². The van der Waals surface area contributed by atoms with Gasteiger partial charge in [0, 0.05) is 36.7 Å². The average molecular weight is 355 g/mol. The molecule has 1 amide bonds. The lowest BCUT2D eigenvalue weighted by Crippen LogP contribution is -2.39. The van der Waals surface area contributed by atoms with Crippen molar-refractivity contribution in [2.24, 2.45) is 4.99 Å². The lowest BCUT2D eigenvalue weighted by molar-refractivity contribution is -0.116. The molecule has 0 aromatic heterocycles. The van der Waals surface area contributed by atoms with Crippen LogP contribution in [0, 0.1) is 0 Å². The van der Waals surface area contributed by atoms with Crippen LogP contribution >= 0.6 is 15.9 Å². The summed E-state index contributed by atoms with van der Waals surface area (Å²) in [5, 5.41) is 9.18. The lowest BCUT2D eigenvalue weighted by Gasteiger charge is -2.11. The Morgan fingerprint density at radius 2 is 1.86 bits per heavy atom. The Balaban J connectivity index is 2.24. The van der Waals surface area contributed by atoms with Crippen molar-refractivity contribution in [3.05, 3.63) is 28.7 Å². The van der Waals surface area contributed by atoms with Crippen molar-refractivity contribution >= 4 is 33.5 Å². The molecule has 0 radical (unpaired) electrons. The maximum atomic E-state index is 11.8. The topological polar surface area (TPSA) is 65.5 Å². The molecule has 3 N–H and O–H groups in total. The highest BCUT2D eigenvalue weighted by Crippen LogP contribution is 2.14. The SMILES string of the molecule is CCCCNC(=NC)NCCC(=O)Nc1ccc(Br)cc1. The summed E-state index contributed by atoms with van der Waals surface area (Å²) in [6.45, 7) is 3.58. The fourth-order valence-electron chi connectivity index (χ4n) is 1.66. The maximum absolute atomic E-state index is 11.8. The number of anilines is 1. The number of hydrogen-bond acceptors (Lipinski definition) is 2. The number of guanidine groups is 1. The van der Waals surface area contributed by atoms with Gasteiger partial charge in [0.15, 0.2) is 5.96 Å². The zero-order valence-electron chi connectivity index (χ0n) is 12.6. The van der Waals surface area contributed by atoms with Crippen molar-refractivity contribution in [2.75, 3.05) is 25.5 Å². The van der Waals surface area contributed by atoms with Crippen molar-refractivity contribution < 1.29 is 4.79 Å². The first-order valence-electron chi connectivity index (χ1n) is 7.15. The van der Waals surface area contributed by atoms with Crippen molar-refractivity contribution in [3.63, 3.8) is 0 Å². The molecule has 5 nitrogen and oxygen atoms in total. The maximum Gasteiger partial charge on any atom is 0.226 e. The van der Waals surface area contributed by atoms with Gasteiger partial charge in [-0.25, -0.2) is 0 Å². The van der Waals surface area contributed by atoms with E-state index in [0.717, 1.165) is 35.5 Å². The number of nitrogens with one attached hydrogen (secondary N) is 3. The fourth-order valence-corrected chi connectivity index (χ4v) is 1.92. The minimum Gasteiger partial charge on any atom is -0.356 e. The van der Waals surface area contributed by atoms with Crippen molar-refractivity contribution in [3.8, 4) is 0 Å². The van der Waals surface area contributed by atoms with Gasteiger partial charge in [-0.1, -0.05) is 29.3 Å². The van der Waals surface area contributed by atoms with E-state index in [1.54, 1.807) is 7.05 Å². The zero-order valence-corrected chi connectivity index (χ0v) is 14.2. The van der Waals surface area contributed by atoms with Gasteiger partial charge in [-0.15, -0.1) is 0 Å². The van der Waals surface area contributed by atoms with Crippen LogP contribution in [0.3, 0.4) is 0 Å². The third-order valence-electron chi connectivity index (χ3n) is 2.82. The van der Waals surface area contributed by atoms with Gasteiger partial charge < -0.3 is 16.0 Å². The first kappa shape index (κ1) is 17.5. The molecule has 0 spiro atoms. The second-order valence-electron chi connectivity index (χ2n) is 4.58. The van der Waals surface area contributed by atoms with E-state index in [4.69, 9.17) is 0 Å². The molecule has 0 saturated heterocycles. The van der Waals surface area contributed by atoms with E-state index in [0.29, 0.717) is 13.0 Å². The number of nitrogens with zero attached hydrogens (tertiary/aromatic N) is 1. The molecular weight excluding hydrogens is 332 g/mol. The predicted molar refractivity (Wildman–Crippen MR) is 91.7 cm³/mol. The Kier molecular flexibility index (Phi) is 8.50. The quantitative estimate of drug-likeness (QED) is 0.400. The number of halogens is 1. The second kappa shape index (κ2) is 10.2. The van der Waals surface area contributed by atoms with Crippen LogP contribution in [0.1, 0.15) is 26.2 Å². The molecule has 1 rings (SSSR count). The molecule has 21 heavy (non-hydrogen) atoms. The summed E-state index contributed by atoms with van der Waals surface area (Å²) in [5.74, 6) is 0.716. The van der Waals surface area contributed by atoms with Gasteiger partial charge in [-0.2, -0.15) is 0 Å². The molecule has 1 aromatic rings. The number of amides is 1. The van der Waals surface area contributed by atoms with Gasteiger partial charge in [-0.3, -0.25) is 9.79 Å². The van der Waals surface area contributed by atoms with Gasteiger partial charge in [0.1, 0.15) is 0 Å². The molecule has 6 heteroatoms. The molecule has 0 heterocycles. The lowest BCUT2D eigenvalue weighted by atomic mass is 10.3. The van der Waals surface area contributed by atoms with Crippen molar-refractivity contribution in [1.29, 1.82) is 0 Å². The van der Waals surface area contributed by atoms with Crippen LogP contribution in [0.15, 0.2) is 33.7 Å². The predicted octanol–water partition coefficient (Wildman–Crippen LogP) is 2.74. The molecule has 1 aromatic carbocycles. The van der Waals surface area contributed by atoms with Gasteiger partial charge in [0.05, 0.1) is 0 Å².